The maximum atomic E-state index is 11.0. The van der Waals surface area contributed by atoms with Gasteiger partial charge >= 0.3 is 0 Å². The van der Waals surface area contributed by atoms with Gasteiger partial charge in [0.2, 0.25) is 0 Å². The second-order valence-electron chi connectivity index (χ2n) is 19.1. The molecule has 0 heterocycles. The highest BCUT2D eigenvalue weighted by atomic mass is 16.3. The Hall–Kier alpha value is -1.06. The highest BCUT2D eigenvalue weighted by molar-refractivity contribution is 5.01. The lowest BCUT2D eigenvalue weighted by Crippen LogP contribution is -2.31. The fourth-order valence-corrected chi connectivity index (χ4v) is 7.24. The van der Waals surface area contributed by atoms with Crippen LogP contribution in [0.25, 0.3) is 0 Å². The van der Waals surface area contributed by atoms with Crippen LogP contribution in [-0.4, -0.2) is 75.0 Å². The smallest absolute Gasteiger partial charge is 0.0800 e. The van der Waals surface area contributed by atoms with Gasteiger partial charge in [0.05, 0.1) is 39.2 Å². The quantitative estimate of drug-likeness (QED) is 0.0351. The molecular formula is C45H86O7. The molecule has 0 amide bonds. The number of hydrogen-bond donors (Lipinski definition) is 7. The van der Waals surface area contributed by atoms with Crippen molar-refractivity contribution in [2.24, 2.45) is 0 Å². The first kappa shape index (κ1) is 50.9. The topological polar surface area (TPSA) is 142 Å². The fraction of sp³-hybridized carbons (Fsp3) is 0.867. The van der Waals surface area contributed by atoms with Gasteiger partial charge in [-0.1, -0.05) is 29.4 Å². The maximum absolute atomic E-state index is 11.0. The van der Waals surface area contributed by atoms with E-state index in [2.05, 4.69) is 39.5 Å². The normalized spacial score (nSPS) is 20.7. The van der Waals surface area contributed by atoms with Crippen molar-refractivity contribution in [1.82, 2.24) is 0 Å². The SMILES string of the molecule is C=CC(C)(O)CCC=C(C)CCCC(C)(O)CCCC(C)(O)CCCC(C)(O)CCCC(C)(O)CCCC(C)(O)CCCC(C)(O)CCC=C(C)C. The van der Waals surface area contributed by atoms with Crippen LogP contribution in [0.3, 0.4) is 0 Å². The van der Waals surface area contributed by atoms with Crippen LogP contribution in [0.2, 0.25) is 0 Å². The summed E-state index contributed by atoms with van der Waals surface area (Å²) >= 11 is 0. The highest BCUT2D eigenvalue weighted by Gasteiger charge is 2.29. The molecule has 0 rings (SSSR count). The number of hydrogen-bond acceptors (Lipinski definition) is 7. The molecule has 0 fully saturated rings. The summed E-state index contributed by atoms with van der Waals surface area (Å²) in [7, 11) is 0. The van der Waals surface area contributed by atoms with Crippen molar-refractivity contribution in [1.29, 1.82) is 0 Å². The molecule has 308 valence electrons. The number of allylic oxidation sites excluding steroid dienone is 4. The Labute approximate surface area is 320 Å². The third-order valence-electron chi connectivity index (χ3n) is 11.3. The van der Waals surface area contributed by atoms with Crippen LogP contribution in [-0.2, 0) is 0 Å². The standard InChI is InChI=1S/C45H86O7/c1-12-39(5,46)24-14-22-38(4)23-15-26-41(7,48)28-17-30-43(9,50)32-19-34-45(11,52)36-20-35-44(10,51)33-18-31-42(8,49)29-16-27-40(6,47)25-13-21-37(2)3/h12,21-22,46-52H,1,13-20,23-36H2,2-11H3. The average molecular weight is 739 g/mol. The summed E-state index contributed by atoms with van der Waals surface area (Å²) < 4.78 is 0. The zero-order valence-corrected chi connectivity index (χ0v) is 35.6. The minimum Gasteiger partial charge on any atom is -0.390 e. The van der Waals surface area contributed by atoms with E-state index in [0.717, 1.165) is 38.5 Å². The van der Waals surface area contributed by atoms with E-state index in [1.54, 1.807) is 13.0 Å². The molecule has 0 saturated carbocycles. The molecule has 7 nitrogen and oxygen atoms in total. The van der Waals surface area contributed by atoms with Crippen LogP contribution >= 0.6 is 0 Å². The maximum Gasteiger partial charge on any atom is 0.0800 e. The molecule has 0 spiro atoms. The third-order valence-corrected chi connectivity index (χ3v) is 11.3. The van der Waals surface area contributed by atoms with E-state index in [1.807, 2.05) is 41.5 Å². The van der Waals surface area contributed by atoms with E-state index in [9.17, 15) is 35.7 Å². The van der Waals surface area contributed by atoms with Crippen molar-refractivity contribution < 1.29 is 35.7 Å². The summed E-state index contributed by atoms with van der Waals surface area (Å²) in [4.78, 5) is 0. The van der Waals surface area contributed by atoms with Gasteiger partial charge in [-0.2, -0.15) is 0 Å². The monoisotopic (exact) mass is 739 g/mol. The molecule has 0 saturated heterocycles. The van der Waals surface area contributed by atoms with Crippen LogP contribution < -0.4 is 0 Å². The molecule has 0 aliphatic rings. The van der Waals surface area contributed by atoms with Crippen molar-refractivity contribution in [3.8, 4) is 0 Å². The summed E-state index contributed by atoms with van der Waals surface area (Å²) in [6.07, 6.45) is 21.0. The Morgan fingerprint density at radius 1 is 0.404 bits per heavy atom. The first-order valence-corrected chi connectivity index (χ1v) is 20.6. The van der Waals surface area contributed by atoms with E-state index in [4.69, 9.17) is 0 Å². The Morgan fingerprint density at radius 2 is 0.673 bits per heavy atom. The van der Waals surface area contributed by atoms with Gasteiger partial charge in [0.1, 0.15) is 0 Å². The average Bonchev–Trinajstić information content (AvgIpc) is 2.95. The Balaban J connectivity index is 4.37. The molecule has 7 atom stereocenters. The predicted octanol–water partition coefficient (Wildman–Crippen LogP) is 9.92. The van der Waals surface area contributed by atoms with E-state index in [1.165, 1.54) is 11.1 Å². The van der Waals surface area contributed by atoms with E-state index in [0.29, 0.717) is 103 Å². The molecule has 7 heteroatoms. The lowest BCUT2D eigenvalue weighted by Gasteiger charge is -2.30. The highest BCUT2D eigenvalue weighted by Crippen LogP contribution is 2.32. The summed E-state index contributed by atoms with van der Waals surface area (Å²) in [5.41, 5.74) is -3.25. The lowest BCUT2D eigenvalue weighted by atomic mass is 9.83. The largest absolute Gasteiger partial charge is 0.390 e. The van der Waals surface area contributed by atoms with Gasteiger partial charge in [0.15, 0.2) is 0 Å². The Bertz CT molecular complexity index is 1040. The first-order valence-electron chi connectivity index (χ1n) is 20.6. The second kappa shape index (κ2) is 23.1. The van der Waals surface area contributed by atoms with E-state index in [-0.39, 0.29) is 0 Å². The molecule has 7 unspecified atom stereocenters. The van der Waals surface area contributed by atoms with Gasteiger partial charge in [-0.15, -0.1) is 6.58 Å². The zero-order chi connectivity index (χ0) is 40.3. The van der Waals surface area contributed by atoms with Crippen molar-refractivity contribution >= 4 is 0 Å². The van der Waals surface area contributed by atoms with Crippen LogP contribution in [0.4, 0.5) is 0 Å². The summed E-state index contributed by atoms with van der Waals surface area (Å²) in [5.74, 6) is 0. The van der Waals surface area contributed by atoms with Gasteiger partial charge in [-0.3, -0.25) is 0 Å². The van der Waals surface area contributed by atoms with Crippen molar-refractivity contribution in [2.45, 2.75) is 250 Å². The van der Waals surface area contributed by atoms with Gasteiger partial charge in [0.25, 0.3) is 0 Å². The van der Waals surface area contributed by atoms with Crippen molar-refractivity contribution in [2.75, 3.05) is 0 Å². The van der Waals surface area contributed by atoms with Gasteiger partial charge in [-0.05, 0) is 210 Å². The van der Waals surface area contributed by atoms with Gasteiger partial charge < -0.3 is 35.7 Å². The molecular weight excluding hydrogens is 652 g/mol. The predicted molar refractivity (Wildman–Crippen MR) is 219 cm³/mol. The molecule has 0 aromatic heterocycles. The van der Waals surface area contributed by atoms with Gasteiger partial charge in [0, 0.05) is 0 Å². The molecule has 0 aliphatic carbocycles. The fourth-order valence-electron chi connectivity index (χ4n) is 7.24. The molecule has 7 N–H and O–H groups in total. The summed E-state index contributed by atoms with van der Waals surface area (Å²) in [5, 5.41) is 75.6. The van der Waals surface area contributed by atoms with E-state index >= 15 is 0 Å². The number of rotatable bonds is 31. The van der Waals surface area contributed by atoms with Crippen LogP contribution in [0.5, 0.6) is 0 Å². The molecule has 0 aliphatic heterocycles. The van der Waals surface area contributed by atoms with Crippen molar-refractivity contribution in [3.63, 3.8) is 0 Å². The summed E-state index contributed by atoms with van der Waals surface area (Å²) in [6.45, 7) is 22.8. The third kappa shape index (κ3) is 28.4. The molecule has 52 heavy (non-hydrogen) atoms. The van der Waals surface area contributed by atoms with Crippen LogP contribution in [0, 0.1) is 0 Å². The minimum atomic E-state index is -0.873. The second-order valence-corrected chi connectivity index (χ2v) is 19.1. The number of aliphatic hydroxyl groups is 7. The minimum absolute atomic E-state index is 0.573. The van der Waals surface area contributed by atoms with E-state index < -0.39 is 39.2 Å². The lowest BCUT2D eigenvalue weighted by molar-refractivity contribution is -0.00729. The van der Waals surface area contributed by atoms with Gasteiger partial charge in [-0.25, -0.2) is 0 Å². The Morgan fingerprint density at radius 3 is 0.962 bits per heavy atom. The molecule has 0 aromatic carbocycles. The van der Waals surface area contributed by atoms with Crippen LogP contribution in [0.1, 0.15) is 210 Å². The molecule has 0 bridgehead atoms. The summed E-state index contributed by atoms with van der Waals surface area (Å²) in [6, 6.07) is 0. The molecule has 0 aromatic rings. The van der Waals surface area contributed by atoms with Crippen molar-refractivity contribution in [3.05, 3.63) is 36.0 Å². The molecule has 0 radical (unpaired) electrons. The Kier molecular flexibility index (Phi) is 22.6. The first-order chi connectivity index (χ1) is 23.6. The van der Waals surface area contributed by atoms with Crippen LogP contribution in [0.15, 0.2) is 36.0 Å². The zero-order valence-electron chi connectivity index (χ0n) is 35.6.